The number of carboxylic acid groups (broad SMARTS) is 1. The summed E-state index contributed by atoms with van der Waals surface area (Å²) in [7, 11) is 0. The summed E-state index contributed by atoms with van der Waals surface area (Å²) in [6.45, 7) is 0.853. The van der Waals surface area contributed by atoms with E-state index in [-0.39, 0.29) is 30.7 Å². The van der Waals surface area contributed by atoms with Gasteiger partial charge in [0.05, 0.1) is 12.2 Å². The number of carbonyl (C=O) groups excluding carboxylic acids is 3. The van der Waals surface area contributed by atoms with Crippen molar-refractivity contribution in [2.45, 2.75) is 12.6 Å². The van der Waals surface area contributed by atoms with E-state index in [9.17, 15) is 27.6 Å². The molecule has 0 unspecified atom stereocenters. The summed E-state index contributed by atoms with van der Waals surface area (Å²) in [5.74, 6) is -3.40. The molecule has 198 valence electrons. The van der Waals surface area contributed by atoms with E-state index < -0.39 is 12.1 Å². The van der Waals surface area contributed by atoms with Crippen LogP contribution in [0, 0.1) is 0 Å². The quantitative estimate of drug-likeness (QED) is 0.225. The van der Waals surface area contributed by atoms with E-state index in [2.05, 4.69) is 10.6 Å². The minimum absolute atomic E-state index is 0.0969. The zero-order valence-electron chi connectivity index (χ0n) is 19.9. The van der Waals surface area contributed by atoms with E-state index in [1.54, 1.807) is 42.5 Å². The van der Waals surface area contributed by atoms with E-state index in [1.807, 2.05) is 30.3 Å². The van der Waals surface area contributed by atoms with Crippen molar-refractivity contribution in [3.63, 3.8) is 0 Å². The number of carbonyl (C=O) groups is 4. The molecule has 1 aliphatic rings. The number of para-hydroxylation sites is 1. The summed E-state index contributed by atoms with van der Waals surface area (Å²) in [5, 5.41) is 13.3. The highest BCUT2D eigenvalue weighted by atomic mass is 19.4. The molecule has 0 bridgehead atoms. The van der Waals surface area contributed by atoms with Gasteiger partial charge in [0.15, 0.2) is 11.6 Å². The van der Waals surface area contributed by atoms with Crippen LogP contribution < -0.4 is 10.6 Å². The Morgan fingerprint density at radius 2 is 1.37 bits per heavy atom. The minimum atomic E-state index is -5.08. The van der Waals surface area contributed by atoms with E-state index in [1.165, 1.54) is 0 Å². The van der Waals surface area contributed by atoms with Crippen molar-refractivity contribution in [2.24, 2.45) is 0 Å². The molecule has 0 amide bonds. The molecule has 0 saturated heterocycles. The maximum atomic E-state index is 13.0. The summed E-state index contributed by atoms with van der Waals surface area (Å²) in [6, 6.07) is 21.5. The second-order valence-electron chi connectivity index (χ2n) is 7.96. The number of ketones is 2. The first kappa shape index (κ1) is 27.9. The van der Waals surface area contributed by atoms with Crippen LogP contribution >= 0.6 is 0 Å². The first-order valence-electron chi connectivity index (χ1n) is 11.4. The predicted molar refractivity (Wildman–Crippen MR) is 132 cm³/mol. The molecule has 11 heteroatoms. The number of ether oxygens (including phenoxy) is 1. The van der Waals surface area contributed by atoms with Crippen LogP contribution in [-0.4, -0.2) is 54.5 Å². The van der Waals surface area contributed by atoms with Gasteiger partial charge in [0.1, 0.15) is 6.54 Å². The van der Waals surface area contributed by atoms with Gasteiger partial charge >= 0.3 is 18.1 Å². The number of anilines is 2. The van der Waals surface area contributed by atoms with E-state index in [0.29, 0.717) is 40.9 Å². The van der Waals surface area contributed by atoms with Crippen molar-refractivity contribution in [1.82, 2.24) is 0 Å². The van der Waals surface area contributed by atoms with Crippen LogP contribution in [0.3, 0.4) is 0 Å². The van der Waals surface area contributed by atoms with Crippen molar-refractivity contribution in [1.29, 1.82) is 0 Å². The molecule has 0 aliphatic heterocycles. The summed E-state index contributed by atoms with van der Waals surface area (Å²) >= 11 is 0. The topological polar surface area (TPSA) is 122 Å². The molecule has 3 aromatic rings. The van der Waals surface area contributed by atoms with Gasteiger partial charge in [-0.3, -0.25) is 14.4 Å². The van der Waals surface area contributed by atoms with Crippen LogP contribution in [0.4, 0.5) is 24.5 Å². The maximum Gasteiger partial charge on any atom is 0.490 e. The molecular weight excluding hydrogens is 505 g/mol. The average molecular weight is 528 g/mol. The third-order valence-corrected chi connectivity index (χ3v) is 5.31. The van der Waals surface area contributed by atoms with Crippen LogP contribution in [-0.2, 0) is 14.3 Å². The second-order valence-corrected chi connectivity index (χ2v) is 7.96. The number of rotatable bonds is 8. The molecule has 0 spiro atoms. The molecular formula is C27H23F3N2O6. The molecule has 0 radical (unpaired) electrons. The molecule has 8 nitrogen and oxygen atoms in total. The van der Waals surface area contributed by atoms with Crippen molar-refractivity contribution in [3.05, 3.63) is 95.1 Å². The largest absolute Gasteiger partial charge is 0.490 e. The molecule has 3 N–H and O–H groups in total. The average Bonchev–Trinajstić information content (AvgIpc) is 2.90. The lowest BCUT2D eigenvalue weighted by Gasteiger charge is -2.20. The van der Waals surface area contributed by atoms with E-state index in [0.717, 1.165) is 5.69 Å². The molecule has 0 aromatic heterocycles. The molecule has 0 saturated carbocycles. The predicted octanol–water partition coefficient (Wildman–Crippen LogP) is 4.55. The summed E-state index contributed by atoms with van der Waals surface area (Å²) in [4.78, 5) is 46.5. The number of benzene rings is 3. The highest BCUT2D eigenvalue weighted by molar-refractivity contribution is 6.30. The molecule has 0 atom stereocenters. The van der Waals surface area contributed by atoms with Crippen molar-refractivity contribution in [2.75, 3.05) is 30.3 Å². The number of esters is 1. The Morgan fingerprint density at radius 1 is 0.789 bits per heavy atom. The fourth-order valence-corrected chi connectivity index (χ4v) is 3.55. The van der Waals surface area contributed by atoms with Gasteiger partial charge in [-0.2, -0.15) is 13.2 Å². The number of halogens is 3. The highest BCUT2D eigenvalue weighted by Crippen LogP contribution is 2.31. The van der Waals surface area contributed by atoms with Crippen molar-refractivity contribution in [3.8, 4) is 0 Å². The number of nitrogens with one attached hydrogen (secondary N) is 2. The van der Waals surface area contributed by atoms with Gasteiger partial charge in [0.2, 0.25) is 0 Å². The lowest BCUT2D eigenvalue weighted by molar-refractivity contribution is -0.192. The number of fused-ring (bicyclic) bond motifs is 2. The lowest BCUT2D eigenvalue weighted by Crippen LogP contribution is -2.23. The Kier molecular flexibility index (Phi) is 9.20. The molecule has 3 aromatic carbocycles. The zero-order valence-corrected chi connectivity index (χ0v) is 19.9. The first-order chi connectivity index (χ1) is 18.1. The van der Waals surface area contributed by atoms with Crippen LogP contribution in [0.2, 0.25) is 0 Å². The van der Waals surface area contributed by atoms with Gasteiger partial charge < -0.3 is 20.5 Å². The van der Waals surface area contributed by atoms with E-state index >= 15 is 0 Å². The first-order valence-corrected chi connectivity index (χ1v) is 11.4. The SMILES string of the molecule is O=C(CNc1ccccc1)OCCCNc1cccc2c1C(=O)c1ccccc1C2=O.O=C(O)C(F)(F)F. The fraction of sp³-hybridized carbons (Fsp3) is 0.185. The number of alkyl halides is 3. The number of aliphatic carboxylic acids is 1. The van der Waals surface area contributed by atoms with Crippen LogP contribution in [0.1, 0.15) is 38.3 Å². The molecule has 0 heterocycles. The van der Waals surface area contributed by atoms with Crippen LogP contribution in [0.5, 0.6) is 0 Å². The van der Waals surface area contributed by atoms with Gasteiger partial charge in [-0.15, -0.1) is 0 Å². The Morgan fingerprint density at radius 3 is 2.00 bits per heavy atom. The lowest BCUT2D eigenvalue weighted by atomic mass is 9.83. The molecule has 1 aliphatic carbocycles. The normalized spacial score (nSPS) is 11.9. The summed E-state index contributed by atoms with van der Waals surface area (Å²) in [6.07, 6.45) is -4.51. The monoisotopic (exact) mass is 528 g/mol. The molecule has 4 rings (SSSR count). The third kappa shape index (κ3) is 7.19. The van der Waals surface area contributed by atoms with E-state index in [4.69, 9.17) is 14.6 Å². The zero-order chi connectivity index (χ0) is 27.7. The minimum Gasteiger partial charge on any atom is -0.475 e. The Hall–Kier alpha value is -4.67. The van der Waals surface area contributed by atoms with Gasteiger partial charge in [-0.25, -0.2) is 4.79 Å². The number of hydrogen-bond donors (Lipinski definition) is 3. The third-order valence-electron chi connectivity index (χ3n) is 5.31. The van der Waals surface area contributed by atoms with Gasteiger partial charge in [0, 0.05) is 34.6 Å². The smallest absolute Gasteiger partial charge is 0.475 e. The molecule has 38 heavy (non-hydrogen) atoms. The van der Waals surface area contributed by atoms with Crippen LogP contribution in [0.15, 0.2) is 72.8 Å². The van der Waals surface area contributed by atoms with Gasteiger partial charge in [0.25, 0.3) is 0 Å². The maximum absolute atomic E-state index is 13.0. The number of hydrogen-bond acceptors (Lipinski definition) is 7. The van der Waals surface area contributed by atoms with Crippen molar-refractivity contribution < 1.29 is 42.2 Å². The highest BCUT2D eigenvalue weighted by Gasteiger charge is 2.38. The Bertz CT molecular complexity index is 1330. The Balaban J connectivity index is 0.000000505. The Labute approximate surface area is 215 Å². The molecule has 0 fully saturated rings. The number of carboxylic acids is 1. The summed E-state index contributed by atoms with van der Waals surface area (Å²) < 4.78 is 37.0. The summed E-state index contributed by atoms with van der Waals surface area (Å²) in [5.41, 5.74) is 3.14. The fourth-order valence-electron chi connectivity index (χ4n) is 3.55. The standard InChI is InChI=1S/C25H22N2O4.C2HF3O2/c28-22(16-27-17-8-2-1-3-9-17)31-15-7-14-26-21-13-6-12-20-23(21)25(30)19-11-5-4-10-18(19)24(20)29;3-2(4,5)1(6)7/h1-6,8-13,26-27H,7,14-16H2;(H,6,7). The van der Waals surface area contributed by atoms with Crippen LogP contribution in [0.25, 0.3) is 0 Å². The second kappa shape index (κ2) is 12.5. The van der Waals surface area contributed by atoms with Gasteiger partial charge in [-0.1, -0.05) is 54.6 Å². The van der Waals surface area contributed by atoms with Gasteiger partial charge in [-0.05, 0) is 24.6 Å². The van der Waals surface area contributed by atoms with Crippen molar-refractivity contribution >= 4 is 34.9 Å².